The lowest BCUT2D eigenvalue weighted by atomic mass is 9.95. The van der Waals surface area contributed by atoms with Gasteiger partial charge < -0.3 is 28.2 Å². The van der Waals surface area contributed by atoms with E-state index in [0.29, 0.717) is 0 Å². The first kappa shape index (κ1) is 24.2. The summed E-state index contributed by atoms with van der Waals surface area (Å²) in [6.07, 6.45) is -1.61. The summed E-state index contributed by atoms with van der Waals surface area (Å²) in [4.78, 5) is 11.9. The fourth-order valence-corrected chi connectivity index (χ4v) is 4.42. The Morgan fingerprint density at radius 2 is 1.79 bits per heavy atom. The summed E-state index contributed by atoms with van der Waals surface area (Å²) in [6, 6.07) is 9.93. The number of hydrogen-bond donors (Lipinski definition) is 0. The second-order valence-corrected chi connectivity index (χ2v) is 14.2. The molecule has 0 saturated carbocycles. The molecule has 7 heteroatoms. The van der Waals surface area contributed by atoms with Crippen LogP contribution in [0.25, 0.3) is 0 Å². The van der Waals surface area contributed by atoms with Crippen LogP contribution in [-0.2, 0) is 28.2 Å². The van der Waals surface area contributed by atoms with Gasteiger partial charge in [-0.2, -0.15) is 0 Å². The van der Waals surface area contributed by atoms with Crippen molar-refractivity contribution in [2.75, 3.05) is 13.9 Å². The second-order valence-electron chi connectivity index (χ2n) is 9.45. The van der Waals surface area contributed by atoms with Crippen LogP contribution in [0.1, 0.15) is 46.3 Å². The Hall–Kier alpha value is -1.09. The van der Waals surface area contributed by atoms with Crippen molar-refractivity contribution in [3.05, 3.63) is 35.9 Å². The van der Waals surface area contributed by atoms with Gasteiger partial charge >= 0.3 is 0 Å². The van der Waals surface area contributed by atoms with Crippen LogP contribution in [0.4, 0.5) is 0 Å². The van der Waals surface area contributed by atoms with Crippen molar-refractivity contribution in [1.82, 2.24) is 0 Å². The molecule has 0 radical (unpaired) electrons. The molecule has 0 aromatic heterocycles. The maximum Gasteiger partial charge on any atom is 0.192 e. The molecule has 0 bridgehead atoms. The molecule has 1 fully saturated rings. The average Bonchev–Trinajstić information content (AvgIpc) is 2.63. The van der Waals surface area contributed by atoms with Gasteiger partial charge in [0.2, 0.25) is 0 Å². The largest absolute Gasteiger partial charge is 0.408 e. The van der Waals surface area contributed by atoms with Gasteiger partial charge in [0.25, 0.3) is 0 Å². The molecule has 1 saturated heterocycles. The van der Waals surface area contributed by atoms with Crippen molar-refractivity contribution < 1.29 is 28.2 Å². The van der Waals surface area contributed by atoms with Crippen molar-refractivity contribution in [1.29, 1.82) is 0 Å². The Kier molecular flexibility index (Phi) is 7.81. The number of hydrogen-bond acceptors (Lipinski definition) is 6. The topological polar surface area (TPSA) is 63.2 Å². The Morgan fingerprint density at radius 3 is 2.31 bits per heavy atom. The molecule has 29 heavy (non-hydrogen) atoms. The molecule has 0 spiro atoms. The van der Waals surface area contributed by atoms with Crippen molar-refractivity contribution >= 4 is 14.6 Å². The molecule has 1 aromatic carbocycles. The summed E-state index contributed by atoms with van der Waals surface area (Å²) < 4.78 is 30.0. The molecule has 0 amide bonds. The van der Waals surface area contributed by atoms with Crippen LogP contribution in [0.3, 0.4) is 0 Å². The molecule has 4 atom stereocenters. The van der Waals surface area contributed by atoms with Crippen LogP contribution in [0, 0.1) is 0 Å². The van der Waals surface area contributed by atoms with E-state index < -0.39 is 38.5 Å². The lowest BCUT2D eigenvalue weighted by molar-refractivity contribution is -0.345. The zero-order chi connectivity index (χ0) is 21.9. The fraction of sp³-hybridized carbons (Fsp3) is 0.682. The van der Waals surface area contributed by atoms with Gasteiger partial charge in [-0.05, 0) is 37.5 Å². The summed E-state index contributed by atoms with van der Waals surface area (Å²) in [7, 11) is -0.687. The minimum Gasteiger partial charge on any atom is -0.408 e. The van der Waals surface area contributed by atoms with Crippen LogP contribution >= 0.6 is 0 Å². The van der Waals surface area contributed by atoms with Crippen molar-refractivity contribution in [2.45, 2.75) is 83.0 Å². The maximum atomic E-state index is 11.9. The van der Waals surface area contributed by atoms with E-state index in [4.69, 9.17) is 23.4 Å². The molecule has 1 aliphatic rings. The molecule has 1 aromatic rings. The number of carbonyl (C=O) groups is 1. The number of benzene rings is 1. The van der Waals surface area contributed by atoms with Gasteiger partial charge in [-0.15, -0.1) is 0 Å². The van der Waals surface area contributed by atoms with Gasteiger partial charge in [-0.3, -0.25) is 0 Å². The van der Waals surface area contributed by atoms with Crippen LogP contribution in [0.5, 0.6) is 0 Å². The monoisotopic (exact) mass is 424 g/mol. The standard InChI is InChI=1S/C22H36O6Si/c1-21(2,3)29(7,8)28-20-18(16-12-10-9-11-13-16)26-22(4,5)27-19(20)17(14-23)25-15-24-6/h9-14,17-20H,15H2,1-8H3/t17-,18+,19+,20+/m0/s1. The minimum absolute atomic E-state index is 0.00658. The minimum atomic E-state index is -2.21. The molecule has 0 N–H and O–H groups in total. The summed E-state index contributed by atoms with van der Waals surface area (Å²) in [5, 5.41) is -0.0180. The summed E-state index contributed by atoms with van der Waals surface area (Å²) in [5.74, 6) is -0.907. The normalized spacial score (nSPS) is 26.1. The molecule has 1 heterocycles. The molecule has 0 aliphatic carbocycles. The van der Waals surface area contributed by atoms with E-state index >= 15 is 0 Å². The zero-order valence-corrected chi connectivity index (χ0v) is 19.9. The van der Waals surface area contributed by atoms with Gasteiger partial charge in [-0.25, -0.2) is 0 Å². The first-order chi connectivity index (χ1) is 13.4. The first-order valence-corrected chi connectivity index (χ1v) is 13.0. The van der Waals surface area contributed by atoms with E-state index in [-0.39, 0.29) is 11.8 Å². The highest BCUT2D eigenvalue weighted by Gasteiger charge is 2.51. The lowest BCUT2D eigenvalue weighted by Gasteiger charge is -2.50. The van der Waals surface area contributed by atoms with E-state index in [0.717, 1.165) is 11.8 Å². The van der Waals surface area contributed by atoms with Crippen LogP contribution in [0.2, 0.25) is 18.1 Å². The molecule has 2 rings (SSSR count). The molecular weight excluding hydrogens is 388 g/mol. The number of carbonyl (C=O) groups excluding carboxylic acids is 1. The van der Waals surface area contributed by atoms with E-state index in [1.54, 1.807) is 0 Å². The smallest absolute Gasteiger partial charge is 0.192 e. The van der Waals surface area contributed by atoms with Gasteiger partial charge in [0.1, 0.15) is 31.2 Å². The van der Waals surface area contributed by atoms with Gasteiger partial charge in [0.15, 0.2) is 20.4 Å². The van der Waals surface area contributed by atoms with Crippen LogP contribution in [0.15, 0.2) is 30.3 Å². The predicted octanol–water partition coefficient (Wildman–Crippen LogP) is 4.46. The predicted molar refractivity (Wildman–Crippen MR) is 114 cm³/mol. The zero-order valence-electron chi connectivity index (χ0n) is 18.9. The van der Waals surface area contributed by atoms with Gasteiger partial charge in [0, 0.05) is 7.11 Å². The highest BCUT2D eigenvalue weighted by Crippen LogP contribution is 2.44. The van der Waals surface area contributed by atoms with E-state index in [1.807, 2.05) is 44.2 Å². The van der Waals surface area contributed by atoms with Crippen LogP contribution in [-0.4, -0.2) is 52.6 Å². The fourth-order valence-electron chi connectivity index (χ4n) is 3.13. The SMILES string of the molecule is COCO[C@@H](C=O)[C@H]1OC(C)(C)O[C@H](c2ccccc2)[C@H]1O[Si](C)(C)C(C)(C)C. The second kappa shape index (κ2) is 9.37. The number of rotatable bonds is 8. The van der Waals surface area contributed by atoms with Gasteiger partial charge in [-0.1, -0.05) is 51.1 Å². The average molecular weight is 425 g/mol. The Labute approximate surface area is 175 Å². The Morgan fingerprint density at radius 1 is 1.17 bits per heavy atom. The van der Waals surface area contributed by atoms with E-state index in [1.165, 1.54) is 7.11 Å². The summed E-state index contributed by atoms with van der Waals surface area (Å²) >= 11 is 0. The summed E-state index contributed by atoms with van der Waals surface area (Å²) in [5.41, 5.74) is 0.981. The third-order valence-corrected chi connectivity index (χ3v) is 10.1. The third-order valence-electron chi connectivity index (χ3n) is 5.65. The quantitative estimate of drug-likeness (QED) is 0.349. The molecule has 6 nitrogen and oxygen atoms in total. The number of ether oxygens (including phenoxy) is 4. The maximum absolute atomic E-state index is 11.9. The molecule has 0 unspecified atom stereocenters. The summed E-state index contributed by atoms with van der Waals surface area (Å²) in [6.45, 7) is 14.6. The van der Waals surface area contributed by atoms with E-state index in [9.17, 15) is 4.79 Å². The van der Waals surface area contributed by atoms with Crippen molar-refractivity contribution in [3.63, 3.8) is 0 Å². The third kappa shape index (κ3) is 5.96. The number of aldehydes is 1. The number of methoxy groups -OCH3 is 1. The highest BCUT2D eigenvalue weighted by molar-refractivity contribution is 6.74. The highest BCUT2D eigenvalue weighted by atomic mass is 28.4. The van der Waals surface area contributed by atoms with Crippen molar-refractivity contribution in [2.24, 2.45) is 0 Å². The molecule has 1 aliphatic heterocycles. The van der Waals surface area contributed by atoms with Crippen molar-refractivity contribution in [3.8, 4) is 0 Å². The molecule has 164 valence electrons. The first-order valence-electron chi connectivity index (χ1n) is 10.1. The molecular formula is C22H36O6Si. The Balaban J connectivity index is 2.49. The van der Waals surface area contributed by atoms with Crippen LogP contribution < -0.4 is 0 Å². The van der Waals surface area contributed by atoms with Gasteiger partial charge in [0.05, 0.1) is 0 Å². The lowest BCUT2D eigenvalue weighted by Crippen LogP contribution is -2.60. The van der Waals surface area contributed by atoms with E-state index in [2.05, 4.69) is 33.9 Å². The Bertz CT molecular complexity index is 655.